The number of halogens is 1. The van der Waals surface area contributed by atoms with Crippen LogP contribution in [0.4, 0.5) is 5.69 Å². The highest BCUT2D eigenvalue weighted by Gasteiger charge is 2.31. The topological polar surface area (TPSA) is 88.3 Å². The first-order valence-electron chi connectivity index (χ1n) is 10.9. The van der Waals surface area contributed by atoms with E-state index in [0.717, 1.165) is 10.0 Å². The van der Waals surface area contributed by atoms with Crippen molar-refractivity contribution in [1.82, 2.24) is 4.98 Å². The van der Waals surface area contributed by atoms with Crippen molar-refractivity contribution in [2.24, 2.45) is 0 Å². The summed E-state index contributed by atoms with van der Waals surface area (Å²) in [5, 5.41) is 0. The zero-order chi connectivity index (χ0) is 25.2. The van der Waals surface area contributed by atoms with Crippen LogP contribution >= 0.6 is 15.9 Å². The van der Waals surface area contributed by atoms with Gasteiger partial charge in [0.2, 0.25) is 0 Å². The second-order valence-corrected chi connectivity index (χ2v) is 11.5. The number of carbonyl (C=O) groups is 1. The Balaban J connectivity index is 1.97. The van der Waals surface area contributed by atoms with Gasteiger partial charge in [-0.3, -0.25) is 4.72 Å². The molecule has 6 nitrogen and oxygen atoms in total. The van der Waals surface area contributed by atoms with Crippen LogP contribution in [0.3, 0.4) is 0 Å². The van der Waals surface area contributed by atoms with Crippen LogP contribution in [0.1, 0.15) is 31.1 Å². The van der Waals surface area contributed by atoms with Crippen molar-refractivity contribution in [3.63, 3.8) is 0 Å². The van der Waals surface area contributed by atoms with Gasteiger partial charge < -0.3 is 9.72 Å². The van der Waals surface area contributed by atoms with Gasteiger partial charge in [-0.1, -0.05) is 76.6 Å². The molecule has 0 aliphatic carbocycles. The van der Waals surface area contributed by atoms with Crippen molar-refractivity contribution < 1.29 is 17.9 Å². The minimum atomic E-state index is -4.03. The second kappa shape index (κ2) is 9.71. The van der Waals surface area contributed by atoms with E-state index in [-0.39, 0.29) is 16.1 Å². The number of H-pyrrole nitrogens is 1. The number of ether oxygens (including phenoxy) is 1. The maximum absolute atomic E-state index is 13.5. The lowest BCUT2D eigenvalue weighted by Crippen LogP contribution is -2.25. The first-order valence-corrected chi connectivity index (χ1v) is 13.2. The molecular weight excluding hydrogens is 528 g/mol. The molecule has 0 saturated heterocycles. The van der Waals surface area contributed by atoms with E-state index < -0.39 is 21.6 Å². The van der Waals surface area contributed by atoms with Gasteiger partial charge in [0.1, 0.15) is 11.2 Å². The van der Waals surface area contributed by atoms with Crippen LogP contribution in [0.15, 0.2) is 94.3 Å². The molecule has 1 heterocycles. The highest BCUT2D eigenvalue weighted by molar-refractivity contribution is 9.10. The summed E-state index contributed by atoms with van der Waals surface area (Å²) < 4.78 is 36.0. The molecule has 0 bridgehead atoms. The van der Waals surface area contributed by atoms with E-state index in [1.54, 1.807) is 32.9 Å². The predicted molar refractivity (Wildman–Crippen MR) is 142 cm³/mol. The van der Waals surface area contributed by atoms with E-state index in [0.29, 0.717) is 17.0 Å². The molecule has 0 amide bonds. The lowest BCUT2D eigenvalue weighted by molar-refractivity contribution is 0.00719. The predicted octanol–water partition coefficient (Wildman–Crippen LogP) is 6.87. The van der Waals surface area contributed by atoms with Crippen molar-refractivity contribution in [2.45, 2.75) is 31.3 Å². The Morgan fingerprint density at radius 1 is 0.829 bits per heavy atom. The van der Waals surface area contributed by atoms with Gasteiger partial charge in [-0.25, -0.2) is 13.2 Å². The molecule has 0 aliphatic rings. The van der Waals surface area contributed by atoms with E-state index in [4.69, 9.17) is 4.74 Å². The van der Waals surface area contributed by atoms with Crippen LogP contribution in [-0.4, -0.2) is 25.0 Å². The van der Waals surface area contributed by atoms with Crippen molar-refractivity contribution in [3.05, 3.63) is 95.0 Å². The standard InChI is InChI=1S/C27H25BrN2O4S/c1-27(2,3)34-26(31)22-23(18-10-6-4-7-11-18)29-24(19-12-8-5-9-13-19)25(22)30-35(32,33)21-16-14-20(28)15-17-21/h4-17,29-30H,1-3H3. The van der Waals surface area contributed by atoms with Crippen molar-refractivity contribution in [3.8, 4) is 22.5 Å². The van der Waals surface area contributed by atoms with Gasteiger partial charge in [0.05, 0.1) is 22.0 Å². The zero-order valence-electron chi connectivity index (χ0n) is 19.5. The highest BCUT2D eigenvalue weighted by Crippen LogP contribution is 2.40. The number of anilines is 1. The molecule has 180 valence electrons. The summed E-state index contributed by atoms with van der Waals surface area (Å²) in [5.74, 6) is -0.636. The first-order chi connectivity index (χ1) is 16.5. The van der Waals surface area contributed by atoms with Crippen LogP contribution in [0.5, 0.6) is 0 Å². The number of aromatic nitrogens is 1. The van der Waals surface area contributed by atoms with Crippen molar-refractivity contribution in [1.29, 1.82) is 0 Å². The fourth-order valence-corrected chi connectivity index (χ4v) is 4.93. The van der Waals surface area contributed by atoms with Gasteiger partial charge in [-0.15, -0.1) is 0 Å². The third-order valence-corrected chi connectivity index (χ3v) is 6.98. The van der Waals surface area contributed by atoms with Crippen molar-refractivity contribution in [2.75, 3.05) is 4.72 Å². The number of sulfonamides is 1. The molecule has 0 atom stereocenters. The van der Waals surface area contributed by atoms with E-state index >= 15 is 0 Å². The molecule has 4 aromatic rings. The quantitative estimate of drug-likeness (QED) is 0.255. The maximum atomic E-state index is 13.5. The number of aromatic amines is 1. The number of hydrogen-bond acceptors (Lipinski definition) is 4. The summed E-state index contributed by atoms with van der Waals surface area (Å²) in [5.41, 5.74) is 1.83. The summed E-state index contributed by atoms with van der Waals surface area (Å²) >= 11 is 3.33. The Labute approximate surface area is 213 Å². The zero-order valence-corrected chi connectivity index (χ0v) is 21.9. The summed E-state index contributed by atoms with van der Waals surface area (Å²) in [4.78, 5) is 16.9. The molecule has 35 heavy (non-hydrogen) atoms. The fraction of sp³-hybridized carbons (Fsp3) is 0.148. The normalized spacial score (nSPS) is 11.8. The van der Waals surface area contributed by atoms with Gasteiger partial charge in [-0.2, -0.15) is 0 Å². The Morgan fingerprint density at radius 2 is 1.34 bits per heavy atom. The first kappa shape index (κ1) is 24.8. The van der Waals surface area contributed by atoms with Crippen LogP contribution in [-0.2, 0) is 14.8 Å². The van der Waals surface area contributed by atoms with Crippen molar-refractivity contribution >= 4 is 37.6 Å². The fourth-order valence-electron chi connectivity index (χ4n) is 3.59. The molecule has 2 N–H and O–H groups in total. The van der Waals surface area contributed by atoms with Crippen LogP contribution in [0.25, 0.3) is 22.5 Å². The summed E-state index contributed by atoms with van der Waals surface area (Å²) in [6.45, 7) is 5.30. The summed E-state index contributed by atoms with van der Waals surface area (Å²) in [6.07, 6.45) is 0. The molecule has 0 radical (unpaired) electrons. The number of benzene rings is 3. The lowest BCUT2D eigenvalue weighted by atomic mass is 10.1. The van der Waals surface area contributed by atoms with E-state index in [1.807, 2.05) is 60.7 Å². The molecule has 4 rings (SSSR count). The SMILES string of the molecule is CC(C)(C)OC(=O)c1c(-c2ccccc2)[nH]c(-c2ccccc2)c1NS(=O)(=O)c1ccc(Br)cc1. The molecule has 1 aromatic heterocycles. The minimum Gasteiger partial charge on any atom is -0.456 e. The molecule has 0 fully saturated rings. The average molecular weight is 553 g/mol. The maximum Gasteiger partial charge on any atom is 0.343 e. The molecule has 0 aliphatic heterocycles. The van der Waals surface area contributed by atoms with Crippen LogP contribution in [0.2, 0.25) is 0 Å². The molecule has 0 spiro atoms. The lowest BCUT2D eigenvalue weighted by Gasteiger charge is -2.20. The number of nitrogens with one attached hydrogen (secondary N) is 2. The Kier molecular flexibility index (Phi) is 6.87. The number of carbonyl (C=O) groups excluding carboxylic acids is 1. The average Bonchev–Trinajstić information content (AvgIpc) is 3.18. The molecule has 8 heteroatoms. The Hall–Kier alpha value is -3.36. The number of esters is 1. The smallest absolute Gasteiger partial charge is 0.343 e. The Bertz CT molecular complexity index is 1440. The van der Waals surface area contributed by atoms with Gasteiger partial charge in [-0.05, 0) is 50.6 Å². The molecule has 3 aromatic carbocycles. The molecule has 0 unspecified atom stereocenters. The monoisotopic (exact) mass is 552 g/mol. The highest BCUT2D eigenvalue weighted by atomic mass is 79.9. The van der Waals surface area contributed by atoms with Gasteiger partial charge in [0.15, 0.2) is 0 Å². The molecular formula is C27H25BrN2O4S. The van der Waals surface area contributed by atoms with Gasteiger partial charge >= 0.3 is 5.97 Å². The molecule has 0 saturated carbocycles. The number of rotatable bonds is 6. The Morgan fingerprint density at radius 3 is 1.86 bits per heavy atom. The third kappa shape index (κ3) is 5.66. The van der Waals surface area contributed by atoms with Crippen LogP contribution < -0.4 is 4.72 Å². The summed E-state index contributed by atoms with van der Waals surface area (Å²) in [7, 11) is -4.03. The van der Waals surface area contributed by atoms with Gasteiger partial charge in [0, 0.05) is 10.0 Å². The minimum absolute atomic E-state index is 0.0670. The van der Waals surface area contributed by atoms with E-state index in [2.05, 4.69) is 25.6 Å². The van der Waals surface area contributed by atoms with E-state index in [1.165, 1.54) is 12.1 Å². The number of hydrogen-bond donors (Lipinski definition) is 2. The second-order valence-electron chi connectivity index (χ2n) is 8.92. The summed E-state index contributed by atoms with van der Waals surface area (Å²) in [6, 6.07) is 24.8. The van der Waals surface area contributed by atoms with Gasteiger partial charge in [0.25, 0.3) is 10.0 Å². The van der Waals surface area contributed by atoms with Crippen LogP contribution in [0, 0.1) is 0 Å². The largest absolute Gasteiger partial charge is 0.456 e. The third-order valence-electron chi connectivity index (χ3n) is 5.09. The van der Waals surface area contributed by atoms with E-state index in [9.17, 15) is 13.2 Å².